The van der Waals surface area contributed by atoms with Gasteiger partial charge in [0.2, 0.25) is 0 Å². The van der Waals surface area contributed by atoms with Gasteiger partial charge in [-0.15, -0.1) is 0 Å². The first-order valence-electron chi connectivity index (χ1n) is 9.34. The Morgan fingerprint density at radius 3 is 2.60 bits per heavy atom. The minimum atomic E-state index is -0.911. The molecule has 0 aromatic heterocycles. The quantitative estimate of drug-likeness (QED) is 0.591. The molecule has 6 atom stereocenters. The predicted molar refractivity (Wildman–Crippen MR) is 94.9 cm³/mol. The zero-order chi connectivity index (χ0) is 18.3. The Morgan fingerprint density at radius 2 is 1.96 bits per heavy atom. The molecule has 2 aliphatic carbocycles. The van der Waals surface area contributed by atoms with Gasteiger partial charge in [0.1, 0.15) is 18.2 Å². The van der Waals surface area contributed by atoms with Crippen molar-refractivity contribution >= 4 is 11.9 Å². The first-order chi connectivity index (χ1) is 11.8. The summed E-state index contributed by atoms with van der Waals surface area (Å²) in [6, 6.07) is -1.28. The molecule has 0 spiro atoms. The third-order valence-corrected chi connectivity index (χ3v) is 6.10. The van der Waals surface area contributed by atoms with E-state index in [9.17, 15) is 14.7 Å². The maximum Gasteiger partial charge on any atom is 0.323 e. The summed E-state index contributed by atoms with van der Waals surface area (Å²) in [6.07, 6.45) is 3.96. The second kappa shape index (κ2) is 6.94. The normalized spacial score (nSPS) is 36.0. The van der Waals surface area contributed by atoms with Crippen molar-refractivity contribution < 1.29 is 19.4 Å². The van der Waals surface area contributed by atoms with Crippen molar-refractivity contribution in [3.05, 3.63) is 24.3 Å². The number of rotatable bonds is 5. The van der Waals surface area contributed by atoms with Crippen LogP contribution in [0.3, 0.4) is 0 Å². The van der Waals surface area contributed by atoms with Gasteiger partial charge in [0, 0.05) is 11.8 Å². The van der Waals surface area contributed by atoms with Crippen LogP contribution in [0.15, 0.2) is 24.3 Å². The van der Waals surface area contributed by atoms with Crippen molar-refractivity contribution in [3.63, 3.8) is 0 Å². The maximum absolute atomic E-state index is 12.5. The van der Waals surface area contributed by atoms with Crippen LogP contribution in [0, 0.1) is 23.7 Å². The first-order valence-corrected chi connectivity index (χ1v) is 9.34. The topological polar surface area (TPSA) is 75.6 Å². The van der Waals surface area contributed by atoms with Gasteiger partial charge < -0.3 is 9.84 Å². The van der Waals surface area contributed by atoms with Gasteiger partial charge in [-0.1, -0.05) is 38.2 Å². The molecule has 0 unspecified atom stereocenters. The number of hydrogen-bond donors (Lipinski definition) is 2. The number of carbonyl (C=O) groups excluding carboxylic acids is 1. The molecule has 2 saturated carbocycles. The highest BCUT2D eigenvalue weighted by atomic mass is 16.6. The molecule has 0 bridgehead atoms. The lowest BCUT2D eigenvalue weighted by atomic mass is 9.81. The van der Waals surface area contributed by atoms with Gasteiger partial charge in [-0.2, -0.15) is 0 Å². The number of nitrogens with one attached hydrogen (secondary N) is 1. The zero-order valence-electron chi connectivity index (χ0n) is 15.2. The number of hydrogen-bond acceptors (Lipinski definition) is 4. The number of carboxylic acids is 1. The van der Waals surface area contributed by atoms with E-state index in [2.05, 4.69) is 18.5 Å². The Labute approximate surface area is 149 Å². The molecule has 1 aliphatic heterocycles. The number of carboxylic acid groups (broad SMARTS) is 1. The van der Waals surface area contributed by atoms with Gasteiger partial charge in [-0.25, -0.2) is 0 Å². The molecule has 1 heterocycles. The minimum absolute atomic E-state index is 0.0110. The van der Waals surface area contributed by atoms with Crippen LogP contribution in [-0.4, -0.2) is 35.2 Å². The highest BCUT2D eigenvalue weighted by Crippen LogP contribution is 2.51. The van der Waals surface area contributed by atoms with E-state index in [-0.39, 0.29) is 29.8 Å². The lowest BCUT2D eigenvalue weighted by Gasteiger charge is -2.27. The van der Waals surface area contributed by atoms with Gasteiger partial charge in [0.05, 0.1) is 0 Å². The Balaban J connectivity index is 1.82. The summed E-state index contributed by atoms with van der Waals surface area (Å²) in [7, 11) is 0. The van der Waals surface area contributed by atoms with E-state index in [0.29, 0.717) is 12.3 Å². The van der Waals surface area contributed by atoms with Gasteiger partial charge >= 0.3 is 11.9 Å². The molecule has 0 amide bonds. The molecule has 25 heavy (non-hydrogen) atoms. The maximum atomic E-state index is 12.5. The predicted octanol–water partition coefficient (Wildman–Crippen LogP) is 2.92. The van der Waals surface area contributed by atoms with Crippen molar-refractivity contribution in [2.45, 2.75) is 64.1 Å². The highest BCUT2D eigenvalue weighted by Gasteiger charge is 2.54. The lowest BCUT2D eigenvalue weighted by Crippen LogP contribution is -2.49. The van der Waals surface area contributed by atoms with Gasteiger partial charge in [-0.3, -0.25) is 14.9 Å². The fourth-order valence-corrected chi connectivity index (χ4v) is 4.88. The summed E-state index contributed by atoms with van der Waals surface area (Å²) in [4.78, 5) is 24.1. The molecule has 0 radical (unpaired) electrons. The second-order valence-corrected chi connectivity index (χ2v) is 8.26. The number of ether oxygens (including phenoxy) is 1. The molecular formula is C20H29NO4. The van der Waals surface area contributed by atoms with Crippen LogP contribution in [0.1, 0.15) is 46.0 Å². The number of aliphatic carboxylic acids is 1. The fourth-order valence-electron chi connectivity index (χ4n) is 4.88. The molecule has 2 N–H and O–H groups in total. The van der Waals surface area contributed by atoms with Gasteiger partial charge in [-0.05, 0) is 43.9 Å². The Kier molecular flexibility index (Phi) is 5.05. The van der Waals surface area contributed by atoms with Crippen molar-refractivity contribution in [1.82, 2.24) is 5.32 Å². The van der Waals surface area contributed by atoms with Crippen LogP contribution >= 0.6 is 0 Å². The Hall–Kier alpha value is -1.62. The molecule has 1 saturated heterocycles. The molecule has 0 aromatic carbocycles. The summed E-state index contributed by atoms with van der Waals surface area (Å²) < 4.78 is 5.78. The van der Waals surface area contributed by atoms with Crippen LogP contribution < -0.4 is 5.32 Å². The average Bonchev–Trinajstić information content (AvgIpc) is 3.00. The highest BCUT2D eigenvalue weighted by molar-refractivity contribution is 5.81. The van der Waals surface area contributed by atoms with Crippen molar-refractivity contribution in [2.75, 3.05) is 0 Å². The third kappa shape index (κ3) is 3.39. The molecule has 3 fully saturated rings. The van der Waals surface area contributed by atoms with Crippen LogP contribution in [-0.2, 0) is 14.3 Å². The average molecular weight is 347 g/mol. The first kappa shape index (κ1) is 18.2. The molecule has 3 rings (SSSR count). The number of fused-ring (bicyclic) bond motifs is 3. The van der Waals surface area contributed by atoms with Crippen LogP contribution in [0.25, 0.3) is 0 Å². The molecule has 138 valence electrons. The molecule has 0 aromatic rings. The summed E-state index contributed by atoms with van der Waals surface area (Å²) in [6.45, 7) is 12.4. The zero-order valence-corrected chi connectivity index (χ0v) is 15.2. The van der Waals surface area contributed by atoms with Crippen LogP contribution in [0.5, 0.6) is 0 Å². The number of esters is 1. The van der Waals surface area contributed by atoms with Gasteiger partial charge in [0.25, 0.3) is 0 Å². The Bertz CT molecular complexity index is 597. The standard InChI is InChI=1S/C20H29NO4/c1-10(2)9-15(19(22)23)21-17-14-8-5-11(3)13-7-6-12(4)16(13)18(14)25-20(17)24/h10,13-18,21H,3-9H2,1-2H3,(H,22,23)/t13-,14-,15-,16-,17-,18-/m0/s1. The van der Waals surface area contributed by atoms with E-state index in [1.54, 1.807) is 0 Å². The summed E-state index contributed by atoms with van der Waals surface area (Å²) in [5.74, 6) is -0.510. The number of allylic oxidation sites excluding steroid dienone is 1. The minimum Gasteiger partial charge on any atom is -0.480 e. The van der Waals surface area contributed by atoms with E-state index < -0.39 is 18.1 Å². The third-order valence-electron chi connectivity index (χ3n) is 6.10. The van der Waals surface area contributed by atoms with E-state index in [1.807, 2.05) is 13.8 Å². The van der Waals surface area contributed by atoms with E-state index in [0.717, 1.165) is 31.3 Å². The van der Waals surface area contributed by atoms with Gasteiger partial charge in [0.15, 0.2) is 0 Å². The second-order valence-electron chi connectivity index (χ2n) is 8.26. The largest absolute Gasteiger partial charge is 0.480 e. The molecular weight excluding hydrogens is 318 g/mol. The summed E-state index contributed by atoms with van der Waals surface area (Å²) in [5.41, 5.74) is 2.37. The van der Waals surface area contributed by atoms with E-state index >= 15 is 0 Å². The SMILES string of the molecule is C=C1CC[C@H]2C(=C)CC[C@@H]3[C@H](OC(=O)[C@H]3N[C@@H](CC(C)C)C(=O)O)[C@@H]12. The lowest BCUT2D eigenvalue weighted by molar-refractivity contribution is -0.145. The number of carbonyl (C=O) groups is 2. The van der Waals surface area contributed by atoms with Crippen LogP contribution in [0.2, 0.25) is 0 Å². The molecule has 5 nitrogen and oxygen atoms in total. The monoisotopic (exact) mass is 347 g/mol. The molecule has 5 heteroatoms. The fraction of sp³-hybridized carbons (Fsp3) is 0.700. The van der Waals surface area contributed by atoms with Crippen molar-refractivity contribution in [1.29, 1.82) is 0 Å². The van der Waals surface area contributed by atoms with Crippen LogP contribution in [0.4, 0.5) is 0 Å². The summed E-state index contributed by atoms with van der Waals surface area (Å²) in [5, 5.41) is 12.6. The smallest absolute Gasteiger partial charge is 0.323 e. The van der Waals surface area contributed by atoms with E-state index in [1.165, 1.54) is 5.57 Å². The van der Waals surface area contributed by atoms with Crippen molar-refractivity contribution in [2.24, 2.45) is 23.7 Å². The van der Waals surface area contributed by atoms with Crippen molar-refractivity contribution in [3.8, 4) is 0 Å². The molecule has 3 aliphatic rings. The Morgan fingerprint density at radius 1 is 1.28 bits per heavy atom. The van der Waals surface area contributed by atoms with E-state index in [4.69, 9.17) is 4.74 Å². The summed E-state index contributed by atoms with van der Waals surface area (Å²) >= 11 is 0.